The van der Waals surface area contributed by atoms with Gasteiger partial charge in [-0.15, -0.1) is 0 Å². The lowest BCUT2D eigenvalue weighted by molar-refractivity contribution is 0.0213. The van der Waals surface area contributed by atoms with Gasteiger partial charge >= 0.3 is 0 Å². The minimum absolute atomic E-state index is 0.169. The second kappa shape index (κ2) is 8.21. The lowest BCUT2D eigenvalue weighted by Crippen LogP contribution is -2.42. The summed E-state index contributed by atoms with van der Waals surface area (Å²) in [5, 5.41) is 17.1. The number of carbonyl (C=O) groups excluding carboxylic acids is 1. The maximum absolute atomic E-state index is 12.0. The molecule has 0 saturated carbocycles. The molecule has 0 fully saturated rings. The summed E-state index contributed by atoms with van der Waals surface area (Å²) < 4.78 is 0. The van der Waals surface area contributed by atoms with Crippen LogP contribution in [-0.4, -0.2) is 34.7 Å². The van der Waals surface area contributed by atoms with Crippen molar-refractivity contribution in [1.82, 2.24) is 10.3 Å². The van der Waals surface area contributed by atoms with E-state index in [9.17, 15) is 9.90 Å². The Kier molecular flexibility index (Phi) is 6.95. The molecule has 114 valence electrons. The average molecular weight is 299 g/mol. The van der Waals surface area contributed by atoms with Crippen LogP contribution in [-0.2, 0) is 0 Å². The van der Waals surface area contributed by atoms with Crippen molar-refractivity contribution in [3.8, 4) is 0 Å². The number of anilines is 1. The van der Waals surface area contributed by atoms with Crippen molar-refractivity contribution in [3.63, 3.8) is 0 Å². The van der Waals surface area contributed by atoms with Crippen molar-refractivity contribution >= 4 is 22.4 Å². The zero-order chi connectivity index (χ0) is 15.0. The Bertz CT molecular complexity index is 414. The van der Waals surface area contributed by atoms with E-state index in [1.807, 2.05) is 20.8 Å². The third-order valence-electron chi connectivity index (χ3n) is 3.07. The Hall–Kier alpha value is -1.14. The van der Waals surface area contributed by atoms with Gasteiger partial charge in [-0.3, -0.25) is 4.79 Å². The van der Waals surface area contributed by atoms with Crippen LogP contribution in [0.4, 0.5) is 5.13 Å². The third-order valence-corrected chi connectivity index (χ3v) is 4.02. The summed E-state index contributed by atoms with van der Waals surface area (Å²) in [4.78, 5) is 16.7. The van der Waals surface area contributed by atoms with Gasteiger partial charge in [0.2, 0.25) is 0 Å². The summed E-state index contributed by atoms with van der Waals surface area (Å²) >= 11 is 1.33. The molecule has 0 aromatic carbocycles. The van der Waals surface area contributed by atoms with Crippen LogP contribution in [0.25, 0.3) is 0 Å². The minimum atomic E-state index is -0.797. The molecule has 0 unspecified atom stereocenters. The van der Waals surface area contributed by atoms with E-state index >= 15 is 0 Å². The van der Waals surface area contributed by atoms with E-state index in [1.54, 1.807) is 6.20 Å². The standard InChI is InChI=1S/C14H25N3O2S/c1-4-7-14(19,8-5-2)10-17-12(18)11-9-16-13(20-11)15-6-3/h9,19H,4-8,10H2,1-3H3,(H,15,16)(H,17,18). The van der Waals surface area contributed by atoms with Gasteiger partial charge in [0.05, 0.1) is 11.8 Å². The van der Waals surface area contributed by atoms with Crippen molar-refractivity contribution in [2.75, 3.05) is 18.4 Å². The van der Waals surface area contributed by atoms with Crippen molar-refractivity contribution in [1.29, 1.82) is 0 Å². The molecule has 6 heteroatoms. The fraction of sp³-hybridized carbons (Fsp3) is 0.714. The number of amides is 1. The zero-order valence-corrected chi connectivity index (χ0v) is 13.3. The first-order valence-electron chi connectivity index (χ1n) is 7.25. The molecule has 0 spiro atoms. The molecule has 1 rings (SSSR count). The first-order chi connectivity index (χ1) is 9.54. The Labute approximate surface area is 124 Å². The molecule has 0 radical (unpaired) electrons. The normalized spacial score (nSPS) is 11.4. The van der Waals surface area contributed by atoms with Gasteiger partial charge in [0.15, 0.2) is 5.13 Å². The summed E-state index contributed by atoms with van der Waals surface area (Å²) in [6, 6.07) is 0. The van der Waals surface area contributed by atoms with E-state index < -0.39 is 5.60 Å². The number of hydrogen-bond acceptors (Lipinski definition) is 5. The van der Waals surface area contributed by atoms with E-state index in [0.717, 1.165) is 24.5 Å². The number of carbonyl (C=O) groups is 1. The molecule has 0 atom stereocenters. The Morgan fingerprint density at radius 1 is 1.35 bits per heavy atom. The van der Waals surface area contributed by atoms with Gasteiger partial charge in [0, 0.05) is 13.1 Å². The van der Waals surface area contributed by atoms with Gasteiger partial charge < -0.3 is 15.7 Å². The van der Waals surface area contributed by atoms with Gasteiger partial charge in [0.1, 0.15) is 4.88 Å². The summed E-state index contributed by atoms with van der Waals surface area (Å²) in [5.41, 5.74) is -0.797. The molecule has 5 nitrogen and oxygen atoms in total. The number of nitrogens with zero attached hydrogens (tertiary/aromatic N) is 1. The molecule has 1 aromatic rings. The number of aromatic nitrogens is 1. The topological polar surface area (TPSA) is 74.2 Å². The predicted octanol–water partition coefficient (Wildman–Crippen LogP) is 2.64. The molecule has 20 heavy (non-hydrogen) atoms. The number of nitrogens with one attached hydrogen (secondary N) is 2. The van der Waals surface area contributed by atoms with Gasteiger partial charge in [0.25, 0.3) is 5.91 Å². The minimum Gasteiger partial charge on any atom is -0.388 e. The van der Waals surface area contributed by atoms with Crippen LogP contribution in [0.15, 0.2) is 6.20 Å². The van der Waals surface area contributed by atoms with Crippen molar-refractivity contribution in [2.45, 2.75) is 52.1 Å². The highest BCUT2D eigenvalue weighted by molar-refractivity contribution is 7.17. The highest BCUT2D eigenvalue weighted by Gasteiger charge is 2.25. The quantitative estimate of drug-likeness (QED) is 0.655. The lowest BCUT2D eigenvalue weighted by atomic mass is 9.92. The van der Waals surface area contributed by atoms with Crippen LogP contribution in [0.1, 0.15) is 56.1 Å². The molecule has 0 bridgehead atoms. The lowest BCUT2D eigenvalue weighted by Gasteiger charge is -2.27. The van der Waals surface area contributed by atoms with E-state index in [-0.39, 0.29) is 5.91 Å². The fourth-order valence-electron chi connectivity index (χ4n) is 2.18. The zero-order valence-electron chi connectivity index (χ0n) is 12.5. The van der Waals surface area contributed by atoms with Crippen molar-refractivity contribution < 1.29 is 9.90 Å². The van der Waals surface area contributed by atoms with Crippen LogP contribution in [0.3, 0.4) is 0 Å². The van der Waals surface area contributed by atoms with Crippen molar-refractivity contribution in [2.24, 2.45) is 0 Å². The largest absolute Gasteiger partial charge is 0.388 e. The van der Waals surface area contributed by atoms with Gasteiger partial charge in [-0.2, -0.15) is 0 Å². The SMILES string of the molecule is CCCC(O)(CCC)CNC(=O)c1cnc(NCC)s1. The molecule has 0 aliphatic heterocycles. The van der Waals surface area contributed by atoms with E-state index in [1.165, 1.54) is 11.3 Å². The molecule has 0 aliphatic carbocycles. The average Bonchev–Trinajstić information content (AvgIpc) is 2.86. The van der Waals surface area contributed by atoms with Crippen LogP contribution in [0, 0.1) is 0 Å². The summed E-state index contributed by atoms with van der Waals surface area (Å²) in [7, 11) is 0. The number of thiazole rings is 1. The Balaban J connectivity index is 2.55. The number of aliphatic hydroxyl groups is 1. The highest BCUT2D eigenvalue weighted by Crippen LogP contribution is 2.20. The number of rotatable bonds is 9. The molecule has 1 aromatic heterocycles. The monoisotopic (exact) mass is 299 g/mol. The Morgan fingerprint density at radius 3 is 2.55 bits per heavy atom. The maximum atomic E-state index is 12.0. The molecule has 0 aliphatic rings. The predicted molar refractivity (Wildman–Crippen MR) is 83.4 cm³/mol. The highest BCUT2D eigenvalue weighted by atomic mass is 32.1. The summed E-state index contributed by atoms with van der Waals surface area (Å²) in [6.45, 7) is 7.13. The van der Waals surface area contributed by atoms with Gasteiger partial charge in [-0.1, -0.05) is 38.0 Å². The fourth-order valence-corrected chi connectivity index (χ4v) is 2.98. The number of hydrogen-bond donors (Lipinski definition) is 3. The van der Waals surface area contributed by atoms with E-state index in [0.29, 0.717) is 24.3 Å². The van der Waals surface area contributed by atoms with Crippen LogP contribution in [0.2, 0.25) is 0 Å². The summed E-state index contributed by atoms with van der Waals surface area (Å²) in [6.07, 6.45) is 4.77. The van der Waals surface area contributed by atoms with Crippen molar-refractivity contribution in [3.05, 3.63) is 11.1 Å². The van der Waals surface area contributed by atoms with Crippen LogP contribution >= 0.6 is 11.3 Å². The molecular formula is C14H25N3O2S. The summed E-state index contributed by atoms with van der Waals surface area (Å²) in [5.74, 6) is -0.169. The molecular weight excluding hydrogens is 274 g/mol. The second-order valence-electron chi connectivity index (χ2n) is 4.97. The maximum Gasteiger partial charge on any atom is 0.263 e. The molecule has 3 N–H and O–H groups in total. The van der Waals surface area contributed by atoms with Gasteiger partial charge in [-0.05, 0) is 19.8 Å². The third kappa shape index (κ3) is 5.09. The molecule has 1 heterocycles. The van der Waals surface area contributed by atoms with Crippen LogP contribution < -0.4 is 10.6 Å². The van der Waals surface area contributed by atoms with Gasteiger partial charge in [-0.25, -0.2) is 4.98 Å². The molecule has 1 amide bonds. The van der Waals surface area contributed by atoms with Crippen LogP contribution in [0.5, 0.6) is 0 Å². The van der Waals surface area contributed by atoms with E-state index in [4.69, 9.17) is 0 Å². The smallest absolute Gasteiger partial charge is 0.263 e. The first-order valence-corrected chi connectivity index (χ1v) is 8.06. The second-order valence-corrected chi connectivity index (χ2v) is 6.00. The Morgan fingerprint density at radius 2 is 2.00 bits per heavy atom. The van der Waals surface area contributed by atoms with E-state index in [2.05, 4.69) is 15.6 Å². The molecule has 0 saturated heterocycles. The first kappa shape index (κ1) is 16.9.